The molecule has 0 unspecified atom stereocenters. The van der Waals surface area contributed by atoms with Crippen LogP contribution in [-0.2, 0) is 9.59 Å². The van der Waals surface area contributed by atoms with E-state index in [1.54, 1.807) is 0 Å². The van der Waals surface area contributed by atoms with E-state index < -0.39 is 12.1 Å². The van der Waals surface area contributed by atoms with Gasteiger partial charge in [-0.2, -0.15) is 13.2 Å². The van der Waals surface area contributed by atoms with Gasteiger partial charge in [0.25, 0.3) is 0 Å². The van der Waals surface area contributed by atoms with Crippen LogP contribution >= 0.6 is 0 Å². The summed E-state index contributed by atoms with van der Waals surface area (Å²) < 4.78 is 44.5. The number of amides is 1. The van der Waals surface area contributed by atoms with Gasteiger partial charge in [0.2, 0.25) is 5.91 Å². The van der Waals surface area contributed by atoms with Crippen molar-refractivity contribution in [3.8, 4) is 0 Å². The number of para-hydroxylation sites is 1. The third kappa shape index (κ3) is 7.09. The molecule has 5 nitrogen and oxygen atoms in total. The summed E-state index contributed by atoms with van der Waals surface area (Å²) in [6, 6.07) is 9.35. The first-order valence-corrected chi connectivity index (χ1v) is 6.77. The molecule has 1 aromatic rings. The lowest BCUT2D eigenvalue weighted by atomic mass is 9.97. The lowest BCUT2D eigenvalue weighted by Gasteiger charge is -2.24. The Morgan fingerprint density at radius 2 is 1.61 bits per heavy atom. The fourth-order valence-corrected chi connectivity index (χ4v) is 1.88. The summed E-state index contributed by atoms with van der Waals surface area (Å²) in [7, 11) is 0. The number of carbonyl (C=O) groups is 2. The zero-order valence-corrected chi connectivity index (χ0v) is 12.0. The molecule has 0 spiro atoms. The minimum atomic E-state index is -5.08. The summed E-state index contributed by atoms with van der Waals surface area (Å²) in [5.41, 5.74) is 0.801. The van der Waals surface area contributed by atoms with Crippen LogP contribution in [0.3, 0.4) is 0 Å². The van der Waals surface area contributed by atoms with E-state index in [0.29, 0.717) is 25.9 Å². The van der Waals surface area contributed by atoms with E-state index in [9.17, 15) is 22.4 Å². The Morgan fingerprint density at radius 1 is 1.13 bits per heavy atom. The number of alkyl halides is 3. The second-order valence-corrected chi connectivity index (χ2v) is 4.84. The lowest BCUT2D eigenvalue weighted by Crippen LogP contribution is -2.34. The Hall–Kier alpha value is -2.16. The predicted molar refractivity (Wildman–Crippen MR) is 74.2 cm³/mol. The quantitative estimate of drug-likeness (QED) is 0.644. The Morgan fingerprint density at radius 3 is 2.04 bits per heavy atom. The fourth-order valence-electron chi connectivity index (χ4n) is 1.88. The van der Waals surface area contributed by atoms with Gasteiger partial charge in [0, 0.05) is 24.7 Å². The number of piperidine rings is 1. The minimum absolute atomic E-state index is 0.000648. The number of halogens is 4. The highest BCUT2D eigenvalue weighted by atomic mass is 19.4. The normalized spacial score (nSPS) is 16.2. The Kier molecular flexibility index (Phi) is 6.95. The van der Waals surface area contributed by atoms with Crippen molar-refractivity contribution in [2.45, 2.75) is 19.0 Å². The van der Waals surface area contributed by atoms with Crippen molar-refractivity contribution in [1.29, 1.82) is 0 Å². The molecule has 1 heterocycles. The summed E-state index contributed by atoms with van der Waals surface area (Å²) >= 11 is 0. The molecule has 0 aliphatic carbocycles. The van der Waals surface area contributed by atoms with Crippen LogP contribution in [0.15, 0.2) is 30.3 Å². The van der Waals surface area contributed by atoms with Gasteiger partial charge in [-0.25, -0.2) is 4.79 Å². The summed E-state index contributed by atoms with van der Waals surface area (Å²) in [4.78, 5) is 20.7. The average Bonchev–Trinajstić information content (AvgIpc) is 2.48. The molecule has 1 fully saturated rings. The van der Waals surface area contributed by atoms with Crippen LogP contribution in [0.1, 0.15) is 12.8 Å². The van der Waals surface area contributed by atoms with Crippen LogP contribution < -0.4 is 5.32 Å². The van der Waals surface area contributed by atoms with Crippen molar-refractivity contribution in [3.63, 3.8) is 0 Å². The van der Waals surface area contributed by atoms with Gasteiger partial charge in [0.1, 0.15) is 0 Å². The molecule has 23 heavy (non-hydrogen) atoms. The van der Waals surface area contributed by atoms with Gasteiger partial charge < -0.3 is 10.4 Å². The standard InChI is InChI=1S/C12H15FN2O.C2HF3O2/c13-15-8-6-10(7-9-15)12(16)14-11-4-2-1-3-5-11;3-2(4,5)1(6)7/h1-5,10H,6-9H2,(H,14,16);(H,6,7). The van der Waals surface area contributed by atoms with Gasteiger partial charge in [0.15, 0.2) is 0 Å². The molecular formula is C14H16F4N2O3. The maximum absolute atomic E-state index is 12.7. The molecule has 9 heteroatoms. The van der Waals surface area contributed by atoms with E-state index in [0.717, 1.165) is 10.8 Å². The van der Waals surface area contributed by atoms with Gasteiger partial charge in [-0.15, -0.1) is 9.60 Å². The number of rotatable bonds is 2. The predicted octanol–water partition coefficient (Wildman–Crippen LogP) is 2.85. The van der Waals surface area contributed by atoms with Gasteiger partial charge in [0.05, 0.1) is 0 Å². The van der Waals surface area contributed by atoms with Crippen LogP contribution in [0.2, 0.25) is 0 Å². The highest BCUT2D eigenvalue weighted by Gasteiger charge is 2.38. The SMILES string of the molecule is O=C(Nc1ccccc1)C1CCN(F)CC1.O=C(O)C(F)(F)F. The van der Waals surface area contributed by atoms with Crippen molar-refractivity contribution < 1.29 is 32.3 Å². The zero-order valence-electron chi connectivity index (χ0n) is 12.0. The first-order chi connectivity index (χ1) is 10.7. The number of nitrogens with zero attached hydrogens (tertiary/aromatic N) is 1. The van der Waals surface area contributed by atoms with Crippen molar-refractivity contribution in [2.75, 3.05) is 18.4 Å². The molecular weight excluding hydrogens is 320 g/mol. The number of benzene rings is 1. The first kappa shape index (κ1) is 18.9. The van der Waals surface area contributed by atoms with Crippen molar-refractivity contribution in [2.24, 2.45) is 5.92 Å². The molecule has 1 amide bonds. The Balaban J connectivity index is 0.000000322. The number of hydrogen-bond donors (Lipinski definition) is 2. The van der Waals surface area contributed by atoms with Crippen molar-refractivity contribution in [3.05, 3.63) is 30.3 Å². The number of carboxylic acid groups (broad SMARTS) is 1. The van der Waals surface area contributed by atoms with Gasteiger partial charge in [-0.05, 0) is 25.0 Å². The van der Waals surface area contributed by atoms with Gasteiger partial charge >= 0.3 is 12.1 Å². The second-order valence-electron chi connectivity index (χ2n) is 4.84. The molecule has 0 bridgehead atoms. The van der Waals surface area contributed by atoms with Crippen LogP contribution in [-0.4, -0.2) is 41.4 Å². The third-order valence-corrected chi connectivity index (χ3v) is 3.09. The van der Waals surface area contributed by atoms with E-state index in [4.69, 9.17) is 9.90 Å². The van der Waals surface area contributed by atoms with Gasteiger partial charge in [-0.3, -0.25) is 4.79 Å². The second kappa shape index (κ2) is 8.47. The van der Waals surface area contributed by atoms with Crippen molar-refractivity contribution in [1.82, 2.24) is 5.12 Å². The minimum Gasteiger partial charge on any atom is -0.475 e. The van der Waals surface area contributed by atoms with E-state index in [2.05, 4.69) is 5.32 Å². The average molecular weight is 336 g/mol. The molecule has 0 atom stereocenters. The molecule has 1 saturated heterocycles. The van der Waals surface area contributed by atoms with Crippen molar-refractivity contribution >= 4 is 17.6 Å². The number of hydrogen-bond acceptors (Lipinski definition) is 3. The topological polar surface area (TPSA) is 69.6 Å². The fraction of sp³-hybridized carbons (Fsp3) is 0.429. The number of carboxylic acids is 1. The smallest absolute Gasteiger partial charge is 0.475 e. The van der Waals surface area contributed by atoms with E-state index in [1.165, 1.54) is 0 Å². The Bertz CT molecular complexity index is 515. The van der Waals surface area contributed by atoms with E-state index in [-0.39, 0.29) is 11.8 Å². The molecule has 128 valence electrons. The molecule has 0 saturated carbocycles. The highest BCUT2D eigenvalue weighted by molar-refractivity contribution is 5.92. The molecule has 1 aliphatic rings. The van der Waals surface area contributed by atoms with Crippen LogP contribution in [0, 0.1) is 5.92 Å². The molecule has 1 aromatic carbocycles. The number of anilines is 1. The number of aliphatic carboxylic acids is 1. The summed E-state index contributed by atoms with van der Waals surface area (Å²) in [5.74, 6) is -2.82. The molecule has 0 aromatic heterocycles. The van der Waals surface area contributed by atoms with Gasteiger partial charge in [-0.1, -0.05) is 18.2 Å². The summed E-state index contributed by atoms with van der Waals surface area (Å²) in [5, 5.41) is 10.7. The summed E-state index contributed by atoms with van der Waals surface area (Å²) in [6.07, 6.45) is -3.90. The molecule has 2 rings (SSSR count). The largest absolute Gasteiger partial charge is 0.490 e. The van der Waals surface area contributed by atoms with Crippen LogP contribution in [0.25, 0.3) is 0 Å². The lowest BCUT2D eigenvalue weighted by molar-refractivity contribution is -0.192. The summed E-state index contributed by atoms with van der Waals surface area (Å²) in [6.45, 7) is 0.708. The third-order valence-electron chi connectivity index (χ3n) is 3.09. The zero-order chi connectivity index (χ0) is 17.5. The molecule has 1 aliphatic heterocycles. The molecule has 0 radical (unpaired) electrons. The maximum Gasteiger partial charge on any atom is 0.490 e. The maximum atomic E-state index is 12.7. The van der Waals surface area contributed by atoms with E-state index >= 15 is 0 Å². The number of carbonyl (C=O) groups excluding carboxylic acids is 1. The first-order valence-electron chi connectivity index (χ1n) is 6.77. The number of nitrogens with one attached hydrogen (secondary N) is 1. The van der Waals surface area contributed by atoms with E-state index in [1.807, 2.05) is 30.3 Å². The highest BCUT2D eigenvalue weighted by Crippen LogP contribution is 2.19. The Labute approximate surface area is 129 Å². The monoisotopic (exact) mass is 336 g/mol. The van der Waals surface area contributed by atoms with Crippen LogP contribution in [0.4, 0.5) is 23.3 Å². The van der Waals surface area contributed by atoms with Crippen LogP contribution in [0.5, 0.6) is 0 Å². The molecule has 2 N–H and O–H groups in total.